The fourth-order valence-corrected chi connectivity index (χ4v) is 3.29. The molecule has 2 aliphatic rings. The predicted molar refractivity (Wildman–Crippen MR) is 92.1 cm³/mol. The Hall–Kier alpha value is -1.52. The van der Waals surface area contributed by atoms with E-state index in [2.05, 4.69) is 36.6 Å². The minimum atomic E-state index is 0.0150. The first-order chi connectivity index (χ1) is 11.0. The number of nitrogens with zero attached hydrogens (tertiary/aromatic N) is 1. The number of amides is 3. The summed E-state index contributed by atoms with van der Waals surface area (Å²) >= 11 is 0. The van der Waals surface area contributed by atoms with Gasteiger partial charge in [-0.25, -0.2) is 4.79 Å². The van der Waals surface area contributed by atoms with Gasteiger partial charge in [0.2, 0.25) is 5.91 Å². The summed E-state index contributed by atoms with van der Waals surface area (Å²) in [4.78, 5) is 26.2. The third-order valence-electron chi connectivity index (χ3n) is 4.58. The van der Waals surface area contributed by atoms with E-state index in [9.17, 15) is 9.59 Å². The number of hydrogen-bond donors (Lipinski definition) is 2. The van der Waals surface area contributed by atoms with Crippen molar-refractivity contribution in [1.29, 1.82) is 0 Å². The van der Waals surface area contributed by atoms with E-state index in [-0.39, 0.29) is 17.9 Å². The topological polar surface area (TPSA) is 61.4 Å². The van der Waals surface area contributed by atoms with Gasteiger partial charge in [-0.05, 0) is 43.9 Å². The summed E-state index contributed by atoms with van der Waals surface area (Å²) in [6, 6.07) is 0.308. The van der Waals surface area contributed by atoms with Crippen molar-refractivity contribution in [3.8, 4) is 0 Å². The molecule has 1 aliphatic heterocycles. The first kappa shape index (κ1) is 17.8. The lowest BCUT2D eigenvalue weighted by atomic mass is 9.94. The van der Waals surface area contributed by atoms with E-state index in [1.165, 1.54) is 0 Å². The van der Waals surface area contributed by atoms with Crippen LogP contribution < -0.4 is 10.6 Å². The van der Waals surface area contributed by atoms with Crippen LogP contribution in [0.25, 0.3) is 0 Å². The summed E-state index contributed by atoms with van der Waals surface area (Å²) < 4.78 is 0. The standard InChI is InChI=1S/C18H31N3O2/c1-14(2)12-19-18(23)21-10-6-7-15(13-21)11-17(22)20-16-8-4-3-5-9-16/h3-4,14-16H,5-13H2,1-2H3,(H,19,23)(H,20,22)/t15-,16-/m1/s1. The van der Waals surface area contributed by atoms with E-state index in [0.717, 1.165) is 38.6 Å². The highest BCUT2D eigenvalue weighted by atomic mass is 16.2. The van der Waals surface area contributed by atoms with Crippen LogP contribution in [0.15, 0.2) is 12.2 Å². The number of rotatable bonds is 5. The molecule has 0 bridgehead atoms. The molecule has 3 amide bonds. The molecule has 0 aromatic rings. The lowest BCUT2D eigenvalue weighted by molar-refractivity contribution is -0.123. The Balaban J connectivity index is 1.73. The van der Waals surface area contributed by atoms with Gasteiger partial charge in [-0.1, -0.05) is 26.0 Å². The van der Waals surface area contributed by atoms with Gasteiger partial charge in [-0.2, -0.15) is 0 Å². The van der Waals surface area contributed by atoms with Crippen molar-refractivity contribution in [2.45, 2.75) is 58.4 Å². The Morgan fingerprint density at radius 3 is 2.78 bits per heavy atom. The molecule has 0 saturated carbocycles. The largest absolute Gasteiger partial charge is 0.353 e. The van der Waals surface area contributed by atoms with E-state index in [1.54, 1.807) is 0 Å². The van der Waals surface area contributed by atoms with Crippen molar-refractivity contribution in [1.82, 2.24) is 15.5 Å². The third kappa shape index (κ3) is 6.24. The predicted octanol–water partition coefficient (Wildman–Crippen LogP) is 2.68. The average molecular weight is 321 g/mol. The van der Waals surface area contributed by atoms with Crippen molar-refractivity contribution in [2.75, 3.05) is 19.6 Å². The van der Waals surface area contributed by atoms with Crippen LogP contribution in [0.5, 0.6) is 0 Å². The molecule has 1 saturated heterocycles. The number of carbonyl (C=O) groups is 2. The zero-order chi connectivity index (χ0) is 16.7. The highest BCUT2D eigenvalue weighted by Gasteiger charge is 2.26. The second-order valence-electron chi connectivity index (χ2n) is 7.29. The minimum Gasteiger partial charge on any atom is -0.353 e. The van der Waals surface area contributed by atoms with E-state index in [4.69, 9.17) is 0 Å². The van der Waals surface area contributed by atoms with Crippen LogP contribution in [0.2, 0.25) is 0 Å². The van der Waals surface area contributed by atoms with Gasteiger partial charge in [0.1, 0.15) is 0 Å². The summed E-state index contributed by atoms with van der Waals surface area (Å²) in [5, 5.41) is 6.11. The Kier molecular flexibility index (Phi) is 6.93. The summed E-state index contributed by atoms with van der Waals surface area (Å²) in [6.45, 7) is 6.38. The molecule has 2 N–H and O–H groups in total. The van der Waals surface area contributed by atoms with E-state index < -0.39 is 0 Å². The molecule has 0 aromatic carbocycles. The minimum absolute atomic E-state index is 0.0150. The summed E-state index contributed by atoms with van der Waals surface area (Å²) in [5.41, 5.74) is 0. The Bertz CT molecular complexity index is 434. The van der Waals surface area contributed by atoms with Gasteiger partial charge in [0, 0.05) is 32.1 Å². The maximum Gasteiger partial charge on any atom is 0.317 e. The fourth-order valence-electron chi connectivity index (χ4n) is 3.29. The van der Waals surface area contributed by atoms with Crippen molar-refractivity contribution < 1.29 is 9.59 Å². The van der Waals surface area contributed by atoms with Crippen molar-refractivity contribution in [3.05, 3.63) is 12.2 Å². The first-order valence-electron chi connectivity index (χ1n) is 9.01. The van der Waals surface area contributed by atoms with Gasteiger partial charge >= 0.3 is 6.03 Å². The number of hydrogen-bond acceptors (Lipinski definition) is 2. The normalized spacial score (nSPS) is 24.6. The highest BCUT2D eigenvalue weighted by Crippen LogP contribution is 2.20. The number of carbonyl (C=O) groups excluding carboxylic acids is 2. The monoisotopic (exact) mass is 321 g/mol. The number of allylic oxidation sites excluding steroid dienone is 1. The average Bonchev–Trinajstić information content (AvgIpc) is 2.53. The van der Waals surface area contributed by atoms with Crippen LogP contribution >= 0.6 is 0 Å². The van der Waals surface area contributed by atoms with Crippen molar-refractivity contribution in [2.24, 2.45) is 11.8 Å². The molecular weight excluding hydrogens is 290 g/mol. The maximum absolute atomic E-state index is 12.2. The lowest BCUT2D eigenvalue weighted by Gasteiger charge is -2.33. The van der Waals surface area contributed by atoms with Gasteiger partial charge in [-0.15, -0.1) is 0 Å². The molecule has 5 heteroatoms. The summed E-state index contributed by atoms with van der Waals surface area (Å²) in [5.74, 6) is 0.877. The molecule has 1 fully saturated rings. The van der Waals surface area contributed by atoms with Crippen LogP contribution in [-0.2, 0) is 4.79 Å². The molecule has 0 radical (unpaired) electrons. The maximum atomic E-state index is 12.2. The SMILES string of the molecule is CC(C)CNC(=O)N1CCC[C@H](CC(=O)N[C@@H]2CC=CCC2)C1. The fraction of sp³-hybridized carbons (Fsp3) is 0.778. The van der Waals surface area contributed by atoms with Crippen LogP contribution in [0.4, 0.5) is 4.79 Å². The summed E-state index contributed by atoms with van der Waals surface area (Å²) in [6.07, 6.45) is 9.92. The van der Waals surface area contributed by atoms with Crippen molar-refractivity contribution >= 4 is 11.9 Å². The van der Waals surface area contributed by atoms with E-state index in [1.807, 2.05) is 4.90 Å². The van der Waals surface area contributed by atoms with Crippen LogP contribution in [0, 0.1) is 11.8 Å². The first-order valence-corrected chi connectivity index (χ1v) is 9.01. The van der Waals surface area contributed by atoms with Gasteiger partial charge in [0.25, 0.3) is 0 Å². The Labute approximate surface area is 139 Å². The second-order valence-corrected chi connectivity index (χ2v) is 7.29. The highest BCUT2D eigenvalue weighted by molar-refractivity contribution is 5.77. The van der Waals surface area contributed by atoms with Crippen LogP contribution in [-0.4, -0.2) is 42.5 Å². The summed E-state index contributed by atoms with van der Waals surface area (Å²) in [7, 11) is 0. The molecular formula is C18H31N3O2. The molecule has 23 heavy (non-hydrogen) atoms. The molecule has 0 unspecified atom stereocenters. The quantitative estimate of drug-likeness (QED) is 0.765. The molecule has 130 valence electrons. The number of likely N-dealkylation sites (tertiary alicyclic amines) is 1. The van der Waals surface area contributed by atoms with Gasteiger partial charge in [0.15, 0.2) is 0 Å². The molecule has 0 spiro atoms. The third-order valence-corrected chi connectivity index (χ3v) is 4.58. The molecule has 2 rings (SSSR count). The molecule has 1 aliphatic carbocycles. The zero-order valence-electron chi connectivity index (χ0n) is 14.5. The van der Waals surface area contributed by atoms with Gasteiger partial charge in [0.05, 0.1) is 0 Å². The van der Waals surface area contributed by atoms with Gasteiger partial charge in [-0.3, -0.25) is 4.79 Å². The Morgan fingerprint density at radius 2 is 2.09 bits per heavy atom. The van der Waals surface area contributed by atoms with E-state index >= 15 is 0 Å². The molecule has 1 heterocycles. The number of urea groups is 1. The Morgan fingerprint density at radius 1 is 1.26 bits per heavy atom. The second kappa shape index (κ2) is 8.94. The molecule has 2 atom stereocenters. The van der Waals surface area contributed by atoms with Crippen molar-refractivity contribution in [3.63, 3.8) is 0 Å². The molecule has 0 aromatic heterocycles. The van der Waals surface area contributed by atoms with E-state index in [0.29, 0.717) is 31.5 Å². The lowest BCUT2D eigenvalue weighted by Crippen LogP contribution is -2.47. The molecule has 5 nitrogen and oxygen atoms in total. The smallest absolute Gasteiger partial charge is 0.317 e. The van der Waals surface area contributed by atoms with Crippen LogP contribution in [0.1, 0.15) is 52.4 Å². The van der Waals surface area contributed by atoms with Gasteiger partial charge < -0.3 is 15.5 Å². The van der Waals surface area contributed by atoms with Crippen LogP contribution in [0.3, 0.4) is 0 Å². The zero-order valence-corrected chi connectivity index (χ0v) is 14.5. The number of piperidine rings is 1. The number of nitrogens with one attached hydrogen (secondary N) is 2.